The van der Waals surface area contributed by atoms with Gasteiger partial charge in [-0.3, -0.25) is 9.59 Å². The highest BCUT2D eigenvalue weighted by molar-refractivity contribution is 5.84. The summed E-state index contributed by atoms with van der Waals surface area (Å²) in [5, 5.41) is 12.3. The molecule has 0 bridgehead atoms. The van der Waals surface area contributed by atoms with Crippen molar-refractivity contribution in [3.05, 3.63) is 87.7 Å². The Morgan fingerprint density at radius 3 is 2.41 bits per heavy atom. The van der Waals surface area contributed by atoms with E-state index in [1.165, 1.54) is 16.8 Å². The molecule has 4 aromatic rings. The number of nitrogens with zero attached hydrogens (tertiary/aromatic N) is 4. The lowest BCUT2D eigenvalue weighted by molar-refractivity contribution is -0.125. The van der Waals surface area contributed by atoms with Crippen LogP contribution in [-0.2, 0) is 11.3 Å². The summed E-state index contributed by atoms with van der Waals surface area (Å²) in [6, 6.07) is 14.7. The number of rotatable bonds is 6. The lowest BCUT2D eigenvalue weighted by Gasteiger charge is -2.17. The number of nitrogens with one attached hydrogen (secondary N) is 1. The van der Waals surface area contributed by atoms with E-state index in [-0.39, 0.29) is 23.8 Å². The third-order valence-electron chi connectivity index (χ3n) is 5.50. The average molecular weight is 433 g/mol. The summed E-state index contributed by atoms with van der Waals surface area (Å²) in [7, 11) is 0. The highest BCUT2D eigenvalue weighted by Gasteiger charge is 2.25. The van der Waals surface area contributed by atoms with Crippen molar-refractivity contribution < 1.29 is 9.18 Å². The largest absolute Gasteiger partial charge is 0.350 e. The third-order valence-corrected chi connectivity index (χ3v) is 5.50. The molecule has 0 saturated heterocycles. The number of aryl methyl sites for hydroxylation is 2. The van der Waals surface area contributed by atoms with Gasteiger partial charge in [0.2, 0.25) is 5.91 Å². The fraction of sp³-hybridized carbons (Fsp3) is 0.250. The maximum absolute atomic E-state index is 13.4. The van der Waals surface area contributed by atoms with Gasteiger partial charge < -0.3 is 5.32 Å². The highest BCUT2D eigenvalue weighted by atomic mass is 19.1. The van der Waals surface area contributed by atoms with Gasteiger partial charge in [0.25, 0.3) is 5.56 Å². The molecule has 0 radical (unpaired) electrons. The highest BCUT2D eigenvalue weighted by Crippen LogP contribution is 2.21. The minimum atomic E-state index is -0.773. The summed E-state index contributed by atoms with van der Waals surface area (Å²) >= 11 is 0. The Morgan fingerprint density at radius 1 is 1.06 bits per heavy atom. The van der Waals surface area contributed by atoms with Gasteiger partial charge in [-0.2, -0.15) is 10.2 Å². The Balaban J connectivity index is 1.70. The van der Waals surface area contributed by atoms with Crippen molar-refractivity contribution in [1.82, 2.24) is 24.9 Å². The normalized spacial score (nSPS) is 12.1. The molecule has 0 saturated carbocycles. The smallest absolute Gasteiger partial charge is 0.278 e. The zero-order chi connectivity index (χ0) is 22.8. The molecule has 1 unspecified atom stereocenters. The Morgan fingerprint density at radius 2 is 1.75 bits per heavy atom. The molecular weight excluding hydrogens is 409 g/mol. The van der Waals surface area contributed by atoms with E-state index in [4.69, 9.17) is 0 Å². The third kappa shape index (κ3) is 3.91. The minimum absolute atomic E-state index is 0.233. The Kier molecular flexibility index (Phi) is 5.85. The molecule has 1 amide bonds. The van der Waals surface area contributed by atoms with Crippen molar-refractivity contribution in [3.63, 3.8) is 0 Å². The molecule has 164 valence electrons. The first kappa shape index (κ1) is 21.4. The van der Waals surface area contributed by atoms with Gasteiger partial charge >= 0.3 is 0 Å². The van der Waals surface area contributed by atoms with Gasteiger partial charge in [-0.25, -0.2) is 13.8 Å². The Bertz CT molecular complexity index is 1330. The number of hydrogen-bond donors (Lipinski definition) is 1. The van der Waals surface area contributed by atoms with Crippen LogP contribution in [-0.4, -0.2) is 25.5 Å². The molecular formula is C24H24FN5O2. The molecule has 2 heterocycles. The van der Waals surface area contributed by atoms with E-state index in [1.54, 1.807) is 23.7 Å². The fourth-order valence-electron chi connectivity index (χ4n) is 3.79. The van der Waals surface area contributed by atoms with Crippen molar-refractivity contribution in [3.8, 4) is 5.69 Å². The molecule has 0 spiro atoms. The van der Waals surface area contributed by atoms with Crippen molar-refractivity contribution >= 4 is 16.8 Å². The molecule has 0 aliphatic heterocycles. The molecule has 7 nitrogen and oxygen atoms in total. The van der Waals surface area contributed by atoms with Crippen LogP contribution in [0.2, 0.25) is 0 Å². The van der Waals surface area contributed by atoms with Crippen molar-refractivity contribution in [2.45, 2.75) is 39.8 Å². The predicted octanol–water partition coefficient (Wildman–Crippen LogP) is 3.61. The van der Waals surface area contributed by atoms with Gasteiger partial charge in [0, 0.05) is 6.54 Å². The van der Waals surface area contributed by atoms with Crippen LogP contribution < -0.4 is 10.9 Å². The second-order valence-corrected chi connectivity index (χ2v) is 7.66. The van der Waals surface area contributed by atoms with Gasteiger partial charge in [0.15, 0.2) is 0 Å². The van der Waals surface area contributed by atoms with Gasteiger partial charge in [-0.1, -0.05) is 37.3 Å². The molecule has 2 aromatic carbocycles. The zero-order valence-electron chi connectivity index (χ0n) is 18.2. The summed E-state index contributed by atoms with van der Waals surface area (Å²) < 4.78 is 16.1. The number of para-hydroxylation sites is 1. The topological polar surface area (TPSA) is 81.8 Å². The first-order valence-electron chi connectivity index (χ1n) is 10.5. The number of carbonyl (C=O) groups is 1. The summed E-state index contributed by atoms with van der Waals surface area (Å²) in [6.45, 7) is 5.68. The van der Waals surface area contributed by atoms with Crippen LogP contribution in [0, 0.1) is 19.7 Å². The van der Waals surface area contributed by atoms with E-state index in [0.29, 0.717) is 28.7 Å². The van der Waals surface area contributed by atoms with Crippen LogP contribution in [0.1, 0.15) is 36.3 Å². The molecule has 2 aromatic heterocycles. The van der Waals surface area contributed by atoms with Gasteiger partial charge in [0.05, 0.1) is 22.5 Å². The van der Waals surface area contributed by atoms with Crippen LogP contribution in [0.25, 0.3) is 16.6 Å². The maximum atomic E-state index is 13.4. The first-order chi connectivity index (χ1) is 15.4. The molecule has 0 fully saturated rings. The average Bonchev–Trinajstić information content (AvgIpc) is 3.16. The van der Waals surface area contributed by atoms with Crippen molar-refractivity contribution in [2.75, 3.05) is 0 Å². The molecule has 1 N–H and O–H groups in total. The lowest BCUT2D eigenvalue weighted by Crippen LogP contribution is -2.38. The fourth-order valence-corrected chi connectivity index (χ4v) is 3.79. The summed E-state index contributed by atoms with van der Waals surface area (Å²) in [5.41, 5.74) is 3.04. The van der Waals surface area contributed by atoms with Crippen LogP contribution >= 0.6 is 0 Å². The van der Waals surface area contributed by atoms with Gasteiger partial charge in [-0.05, 0) is 50.1 Å². The number of fused-ring (bicyclic) bond motifs is 1. The predicted molar refractivity (Wildman–Crippen MR) is 120 cm³/mol. The molecule has 1 atom stereocenters. The van der Waals surface area contributed by atoms with Crippen LogP contribution in [0.15, 0.2) is 59.4 Å². The van der Waals surface area contributed by atoms with E-state index in [1.807, 2.05) is 44.2 Å². The Hall–Kier alpha value is -3.81. The number of amides is 1. The molecule has 4 rings (SSSR count). The number of hydrogen-bond acceptors (Lipinski definition) is 4. The molecule has 0 aliphatic carbocycles. The second kappa shape index (κ2) is 8.74. The first-order valence-corrected chi connectivity index (χ1v) is 10.5. The van der Waals surface area contributed by atoms with Crippen LogP contribution in [0.4, 0.5) is 4.39 Å². The number of carbonyl (C=O) groups excluding carboxylic acids is 1. The van der Waals surface area contributed by atoms with E-state index < -0.39 is 6.04 Å². The maximum Gasteiger partial charge on any atom is 0.278 e. The monoisotopic (exact) mass is 433 g/mol. The Labute approximate surface area is 184 Å². The van der Waals surface area contributed by atoms with Gasteiger partial charge in [0.1, 0.15) is 17.4 Å². The van der Waals surface area contributed by atoms with Crippen LogP contribution in [0.5, 0.6) is 0 Å². The standard InChI is InChI=1S/C24H24FN5O2/c1-4-20(23(31)26-14-17-10-12-18(25)13-11-17)30-24(32)21-16(3)29(19-8-6-5-7-9-19)28-22(21)15(2)27-30/h5-13,20H,4,14H2,1-3H3,(H,26,31). The SMILES string of the molecule is CCC(C(=O)NCc1ccc(F)cc1)n1nc(C)c2nn(-c3ccccc3)c(C)c2c1=O. The summed E-state index contributed by atoms with van der Waals surface area (Å²) in [6.07, 6.45) is 0.388. The summed E-state index contributed by atoms with van der Waals surface area (Å²) in [5.74, 6) is -0.657. The van der Waals surface area contributed by atoms with Gasteiger partial charge in [-0.15, -0.1) is 0 Å². The lowest BCUT2D eigenvalue weighted by atomic mass is 10.1. The molecule has 32 heavy (non-hydrogen) atoms. The number of aromatic nitrogens is 4. The van der Waals surface area contributed by atoms with E-state index >= 15 is 0 Å². The second-order valence-electron chi connectivity index (χ2n) is 7.66. The molecule has 0 aliphatic rings. The van der Waals surface area contributed by atoms with E-state index in [9.17, 15) is 14.0 Å². The summed E-state index contributed by atoms with van der Waals surface area (Å²) in [4.78, 5) is 26.3. The quantitative estimate of drug-likeness (QED) is 0.504. The van der Waals surface area contributed by atoms with Crippen molar-refractivity contribution in [1.29, 1.82) is 0 Å². The van der Waals surface area contributed by atoms with E-state index in [2.05, 4.69) is 15.5 Å². The van der Waals surface area contributed by atoms with E-state index in [0.717, 1.165) is 11.3 Å². The minimum Gasteiger partial charge on any atom is -0.350 e. The zero-order valence-corrected chi connectivity index (χ0v) is 18.2. The van der Waals surface area contributed by atoms with Crippen molar-refractivity contribution in [2.24, 2.45) is 0 Å². The molecule has 8 heteroatoms. The van der Waals surface area contributed by atoms with Crippen LogP contribution in [0.3, 0.4) is 0 Å². The number of halogens is 1. The number of benzene rings is 2.